The fourth-order valence-electron chi connectivity index (χ4n) is 4.71. The summed E-state index contributed by atoms with van der Waals surface area (Å²) < 4.78 is 10.7. The number of amides is 2. The van der Waals surface area contributed by atoms with Gasteiger partial charge >= 0.3 is 12.1 Å². The standard InChI is InChI=1S/C25H28N2O6/c1-15(23(28)27-12-20(24(29)30)22(13-27)32-2)11-26-25(31)33-14-21-18-9-5-3-7-16(18)17-8-4-6-10-19(17)21/h3-10,15,20-22H,11-14H2,1-2H3,(H,26,31)(H,29,30). The fourth-order valence-corrected chi connectivity index (χ4v) is 4.71. The first-order chi connectivity index (χ1) is 15.9. The summed E-state index contributed by atoms with van der Waals surface area (Å²) in [5.41, 5.74) is 4.57. The van der Waals surface area contributed by atoms with E-state index < -0.39 is 30.0 Å². The molecule has 1 aliphatic heterocycles. The molecule has 3 unspecified atom stereocenters. The number of nitrogens with zero attached hydrogens (tertiary/aromatic N) is 1. The summed E-state index contributed by atoms with van der Waals surface area (Å²) in [5.74, 6) is -2.51. The van der Waals surface area contributed by atoms with E-state index in [4.69, 9.17) is 9.47 Å². The Kier molecular flexibility index (Phi) is 6.65. The van der Waals surface area contributed by atoms with Crippen molar-refractivity contribution in [1.82, 2.24) is 10.2 Å². The molecule has 0 saturated carbocycles. The molecule has 2 aliphatic rings. The van der Waals surface area contributed by atoms with Crippen LogP contribution >= 0.6 is 0 Å². The van der Waals surface area contributed by atoms with Crippen LogP contribution in [0.2, 0.25) is 0 Å². The first kappa shape index (κ1) is 22.8. The van der Waals surface area contributed by atoms with Gasteiger partial charge in [-0.25, -0.2) is 4.79 Å². The number of hydrogen-bond acceptors (Lipinski definition) is 5. The van der Waals surface area contributed by atoms with Crippen molar-refractivity contribution in [1.29, 1.82) is 0 Å². The minimum atomic E-state index is -0.985. The Morgan fingerprint density at radius 2 is 1.67 bits per heavy atom. The highest BCUT2D eigenvalue weighted by Gasteiger charge is 2.40. The molecule has 0 spiro atoms. The van der Waals surface area contributed by atoms with Gasteiger partial charge in [0.25, 0.3) is 0 Å². The average molecular weight is 453 g/mol. The highest BCUT2D eigenvalue weighted by molar-refractivity contribution is 5.82. The minimum Gasteiger partial charge on any atom is -0.481 e. The van der Waals surface area contributed by atoms with E-state index in [1.807, 2.05) is 24.3 Å². The van der Waals surface area contributed by atoms with Crippen LogP contribution in [0.5, 0.6) is 0 Å². The molecule has 1 saturated heterocycles. The van der Waals surface area contributed by atoms with Crippen LogP contribution in [0.4, 0.5) is 4.79 Å². The number of nitrogens with one attached hydrogen (secondary N) is 1. The molecule has 2 aromatic rings. The normalized spacial score (nSPS) is 20.1. The topological polar surface area (TPSA) is 105 Å². The monoisotopic (exact) mass is 452 g/mol. The van der Waals surface area contributed by atoms with Gasteiger partial charge in [0.2, 0.25) is 5.91 Å². The zero-order chi connectivity index (χ0) is 23.5. The molecule has 8 heteroatoms. The third-order valence-electron chi connectivity index (χ3n) is 6.52. The number of carbonyl (C=O) groups excluding carboxylic acids is 2. The van der Waals surface area contributed by atoms with E-state index in [-0.39, 0.29) is 38.1 Å². The number of aliphatic carboxylic acids is 1. The van der Waals surface area contributed by atoms with E-state index in [1.165, 1.54) is 12.0 Å². The second kappa shape index (κ2) is 9.62. The number of rotatable bonds is 7. The van der Waals surface area contributed by atoms with Gasteiger partial charge in [0.15, 0.2) is 0 Å². The van der Waals surface area contributed by atoms with Gasteiger partial charge in [-0.05, 0) is 22.3 Å². The second-order valence-electron chi connectivity index (χ2n) is 8.57. The molecule has 33 heavy (non-hydrogen) atoms. The van der Waals surface area contributed by atoms with E-state index in [0.29, 0.717) is 0 Å². The van der Waals surface area contributed by atoms with Crippen LogP contribution in [0.3, 0.4) is 0 Å². The van der Waals surface area contributed by atoms with Gasteiger partial charge in [0, 0.05) is 32.7 Å². The van der Waals surface area contributed by atoms with Crippen LogP contribution in [-0.4, -0.2) is 67.4 Å². The summed E-state index contributed by atoms with van der Waals surface area (Å²) in [4.78, 5) is 37.9. The molecule has 4 rings (SSSR count). The number of carbonyl (C=O) groups is 3. The highest BCUT2D eigenvalue weighted by Crippen LogP contribution is 2.44. The molecule has 1 fully saturated rings. The zero-order valence-corrected chi connectivity index (χ0v) is 18.7. The Hall–Kier alpha value is -3.39. The van der Waals surface area contributed by atoms with Crippen LogP contribution in [0.25, 0.3) is 11.1 Å². The van der Waals surface area contributed by atoms with E-state index in [9.17, 15) is 19.5 Å². The Morgan fingerprint density at radius 1 is 1.06 bits per heavy atom. The van der Waals surface area contributed by atoms with Crippen LogP contribution < -0.4 is 5.32 Å². The van der Waals surface area contributed by atoms with Crippen molar-refractivity contribution in [3.8, 4) is 11.1 Å². The van der Waals surface area contributed by atoms with Gasteiger partial charge in [-0.2, -0.15) is 0 Å². The van der Waals surface area contributed by atoms with Gasteiger partial charge in [0.05, 0.1) is 12.0 Å². The van der Waals surface area contributed by atoms with Crippen LogP contribution in [0, 0.1) is 11.8 Å². The highest BCUT2D eigenvalue weighted by atomic mass is 16.5. The first-order valence-electron chi connectivity index (χ1n) is 11.0. The summed E-state index contributed by atoms with van der Waals surface area (Å²) in [6, 6.07) is 16.2. The first-order valence-corrected chi connectivity index (χ1v) is 11.0. The Morgan fingerprint density at radius 3 is 2.21 bits per heavy atom. The lowest BCUT2D eigenvalue weighted by atomic mass is 9.98. The lowest BCUT2D eigenvalue weighted by Crippen LogP contribution is -2.40. The van der Waals surface area contributed by atoms with E-state index in [2.05, 4.69) is 29.6 Å². The molecule has 3 atom stereocenters. The van der Waals surface area contributed by atoms with Crippen molar-refractivity contribution >= 4 is 18.0 Å². The molecular formula is C25H28N2O6. The van der Waals surface area contributed by atoms with Crippen LogP contribution in [0.1, 0.15) is 24.0 Å². The van der Waals surface area contributed by atoms with Crippen molar-refractivity contribution in [2.75, 3.05) is 33.4 Å². The number of carboxylic acids is 1. The lowest BCUT2D eigenvalue weighted by Gasteiger charge is -2.21. The van der Waals surface area contributed by atoms with Crippen molar-refractivity contribution in [3.05, 3.63) is 59.7 Å². The maximum Gasteiger partial charge on any atom is 0.407 e. The molecule has 0 bridgehead atoms. The number of alkyl carbamates (subject to hydrolysis) is 1. The molecule has 1 aliphatic carbocycles. The number of carboxylic acid groups (broad SMARTS) is 1. The Labute approximate surface area is 192 Å². The van der Waals surface area contributed by atoms with Crippen molar-refractivity contribution in [2.24, 2.45) is 11.8 Å². The van der Waals surface area contributed by atoms with E-state index in [1.54, 1.807) is 6.92 Å². The van der Waals surface area contributed by atoms with Gasteiger partial charge in [-0.3, -0.25) is 9.59 Å². The predicted molar refractivity (Wildman–Crippen MR) is 121 cm³/mol. The van der Waals surface area contributed by atoms with Crippen LogP contribution in [-0.2, 0) is 19.1 Å². The van der Waals surface area contributed by atoms with Crippen molar-refractivity contribution in [3.63, 3.8) is 0 Å². The molecule has 174 valence electrons. The summed E-state index contributed by atoms with van der Waals surface area (Å²) in [6.07, 6.45) is -1.12. The number of likely N-dealkylation sites (tertiary alicyclic amines) is 1. The number of hydrogen-bond donors (Lipinski definition) is 2. The van der Waals surface area contributed by atoms with E-state index >= 15 is 0 Å². The fraction of sp³-hybridized carbons (Fsp3) is 0.400. The summed E-state index contributed by atoms with van der Waals surface area (Å²) in [5, 5.41) is 12.0. The maximum absolute atomic E-state index is 12.7. The summed E-state index contributed by atoms with van der Waals surface area (Å²) in [6.45, 7) is 2.32. The van der Waals surface area contributed by atoms with Gasteiger partial charge in [-0.1, -0.05) is 55.5 Å². The minimum absolute atomic E-state index is 0.0364. The largest absolute Gasteiger partial charge is 0.481 e. The van der Waals surface area contributed by atoms with Gasteiger partial charge in [-0.15, -0.1) is 0 Å². The Balaban J connectivity index is 1.30. The van der Waals surface area contributed by atoms with Gasteiger partial charge < -0.3 is 24.8 Å². The number of methoxy groups -OCH3 is 1. The summed E-state index contributed by atoms with van der Waals surface area (Å²) in [7, 11) is 1.44. The molecule has 2 N–H and O–H groups in total. The maximum atomic E-state index is 12.7. The predicted octanol–water partition coefficient (Wildman–Crippen LogP) is 2.72. The molecule has 0 radical (unpaired) electrons. The molecular weight excluding hydrogens is 424 g/mol. The van der Waals surface area contributed by atoms with E-state index in [0.717, 1.165) is 22.3 Å². The SMILES string of the molecule is COC1CN(C(=O)C(C)CNC(=O)OCC2c3ccccc3-c3ccccc32)CC1C(=O)O. The number of fused-ring (bicyclic) bond motifs is 3. The average Bonchev–Trinajstić information content (AvgIpc) is 3.40. The number of benzene rings is 2. The quantitative estimate of drug-likeness (QED) is 0.669. The lowest BCUT2D eigenvalue weighted by molar-refractivity contribution is -0.144. The molecule has 8 nitrogen and oxygen atoms in total. The molecule has 1 heterocycles. The third kappa shape index (κ3) is 4.57. The molecule has 2 aromatic carbocycles. The molecule has 0 aromatic heterocycles. The van der Waals surface area contributed by atoms with Gasteiger partial charge in [0.1, 0.15) is 12.5 Å². The smallest absolute Gasteiger partial charge is 0.407 e. The molecule has 2 amide bonds. The third-order valence-corrected chi connectivity index (χ3v) is 6.52. The van der Waals surface area contributed by atoms with Crippen LogP contribution in [0.15, 0.2) is 48.5 Å². The van der Waals surface area contributed by atoms with Crippen molar-refractivity contribution < 1.29 is 29.0 Å². The second-order valence-corrected chi connectivity index (χ2v) is 8.57. The zero-order valence-electron chi connectivity index (χ0n) is 18.7. The van der Waals surface area contributed by atoms with Crippen molar-refractivity contribution in [2.45, 2.75) is 18.9 Å². The number of ether oxygens (including phenoxy) is 2. The summed E-state index contributed by atoms with van der Waals surface area (Å²) >= 11 is 0. The Bertz CT molecular complexity index is 1010.